The molecular formula is C12H13BrClNO2. The molecule has 0 heterocycles. The summed E-state index contributed by atoms with van der Waals surface area (Å²) in [7, 11) is 0. The zero-order valence-corrected chi connectivity index (χ0v) is 11.5. The normalized spacial score (nSPS) is 23.0. The molecule has 0 radical (unpaired) electrons. The number of carbonyl (C=O) groups excluding carboxylic acids is 1. The third kappa shape index (κ3) is 3.21. The van der Waals surface area contributed by atoms with Crippen LogP contribution in [0.2, 0.25) is 5.02 Å². The van der Waals surface area contributed by atoms with Crippen LogP contribution in [0.4, 0.5) is 0 Å². The van der Waals surface area contributed by atoms with Crippen molar-refractivity contribution >= 4 is 33.4 Å². The van der Waals surface area contributed by atoms with Crippen LogP contribution in [-0.4, -0.2) is 23.7 Å². The molecule has 1 aliphatic carbocycles. The molecule has 0 saturated heterocycles. The Morgan fingerprint density at radius 1 is 1.53 bits per heavy atom. The Labute approximate surface area is 113 Å². The molecular weight excluding hydrogens is 305 g/mol. The van der Waals surface area contributed by atoms with Gasteiger partial charge in [-0.2, -0.15) is 0 Å². The zero-order chi connectivity index (χ0) is 12.4. The molecule has 0 unspecified atom stereocenters. The molecule has 17 heavy (non-hydrogen) atoms. The van der Waals surface area contributed by atoms with Crippen LogP contribution in [0.1, 0.15) is 23.2 Å². The number of hydrogen-bond acceptors (Lipinski definition) is 2. The summed E-state index contributed by atoms with van der Waals surface area (Å²) < 4.78 is 0.776. The molecule has 0 aromatic heterocycles. The Balaban J connectivity index is 1.88. The van der Waals surface area contributed by atoms with Crippen molar-refractivity contribution in [3.63, 3.8) is 0 Å². The van der Waals surface area contributed by atoms with Crippen molar-refractivity contribution in [2.75, 3.05) is 6.54 Å². The van der Waals surface area contributed by atoms with Crippen LogP contribution in [0, 0.1) is 5.92 Å². The molecule has 1 fully saturated rings. The highest BCUT2D eigenvalue weighted by atomic mass is 79.9. The lowest BCUT2D eigenvalue weighted by atomic mass is 9.82. The van der Waals surface area contributed by atoms with Crippen molar-refractivity contribution in [1.29, 1.82) is 0 Å². The second-order valence-electron chi connectivity index (χ2n) is 4.33. The Kier molecular flexibility index (Phi) is 4.07. The first kappa shape index (κ1) is 12.9. The lowest BCUT2D eigenvalue weighted by molar-refractivity contribution is 0.0420. The number of rotatable bonds is 3. The fourth-order valence-corrected chi connectivity index (χ4v) is 2.27. The minimum Gasteiger partial charge on any atom is -0.393 e. The quantitative estimate of drug-likeness (QED) is 0.900. The first-order chi connectivity index (χ1) is 8.06. The largest absolute Gasteiger partial charge is 0.393 e. The topological polar surface area (TPSA) is 49.3 Å². The van der Waals surface area contributed by atoms with E-state index in [1.807, 2.05) is 0 Å². The molecule has 0 aliphatic heterocycles. The van der Waals surface area contributed by atoms with Crippen LogP contribution >= 0.6 is 27.5 Å². The van der Waals surface area contributed by atoms with E-state index in [1.165, 1.54) is 0 Å². The van der Waals surface area contributed by atoms with Crippen molar-refractivity contribution in [3.05, 3.63) is 33.3 Å². The maximum Gasteiger partial charge on any atom is 0.251 e. The number of benzene rings is 1. The molecule has 1 amide bonds. The number of halogens is 2. The van der Waals surface area contributed by atoms with E-state index in [2.05, 4.69) is 21.2 Å². The van der Waals surface area contributed by atoms with Crippen molar-refractivity contribution < 1.29 is 9.90 Å². The summed E-state index contributed by atoms with van der Waals surface area (Å²) in [6.45, 7) is 0.615. The predicted molar refractivity (Wildman–Crippen MR) is 70.2 cm³/mol. The van der Waals surface area contributed by atoms with Gasteiger partial charge >= 0.3 is 0 Å². The van der Waals surface area contributed by atoms with E-state index in [0.717, 1.165) is 17.3 Å². The maximum atomic E-state index is 11.8. The number of amides is 1. The summed E-state index contributed by atoms with van der Waals surface area (Å²) in [6.07, 6.45) is 1.38. The lowest BCUT2D eigenvalue weighted by Gasteiger charge is -2.31. The summed E-state index contributed by atoms with van der Waals surface area (Å²) in [4.78, 5) is 11.8. The van der Waals surface area contributed by atoms with Gasteiger partial charge in [-0.15, -0.1) is 0 Å². The number of aliphatic hydroxyl groups is 1. The van der Waals surface area contributed by atoms with Gasteiger partial charge in [0.2, 0.25) is 0 Å². The van der Waals surface area contributed by atoms with E-state index < -0.39 is 0 Å². The second kappa shape index (κ2) is 5.38. The number of carbonyl (C=O) groups is 1. The Bertz CT molecular complexity index is 433. The molecule has 1 aromatic carbocycles. The summed E-state index contributed by atoms with van der Waals surface area (Å²) in [5.74, 6) is 0.278. The third-order valence-electron chi connectivity index (χ3n) is 2.94. The number of nitrogens with one attached hydrogen (secondary N) is 1. The predicted octanol–water partition coefficient (Wildman–Crippen LogP) is 2.60. The van der Waals surface area contributed by atoms with Crippen molar-refractivity contribution in [2.45, 2.75) is 18.9 Å². The summed E-state index contributed by atoms with van der Waals surface area (Å²) >= 11 is 9.19. The van der Waals surface area contributed by atoms with Gasteiger partial charge in [0, 0.05) is 16.6 Å². The minimum atomic E-state index is -0.181. The van der Waals surface area contributed by atoms with Crippen LogP contribution in [-0.2, 0) is 0 Å². The summed E-state index contributed by atoms with van der Waals surface area (Å²) in [6, 6.07) is 5.11. The molecule has 0 atom stereocenters. The average molecular weight is 319 g/mol. The average Bonchev–Trinajstić information content (AvgIpc) is 2.26. The molecule has 1 aliphatic rings. The molecule has 5 heteroatoms. The van der Waals surface area contributed by atoms with Gasteiger partial charge in [0.1, 0.15) is 0 Å². The van der Waals surface area contributed by atoms with Gasteiger partial charge in [-0.05, 0) is 52.9 Å². The van der Waals surface area contributed by atoms with Crippen LogP contribution in [0.15, 0.2) is 22.7 Å². The highest BCUT2D eigenvalue weighted by molar-refractivity contribution is 9.10. The Hall–Kier alpha value is -0.580. The van der Waals surface area contributed by atoms with E-state index >= 15 is 0 Å². The third-order valence-corrected chi connectivity index (χ3v) is 4.18. The standard InChI is InChI=1S/C12H13BrClNO2/c13-10-2-1-8(5-11(10)14)12(17)15-6-7-3-9(16)4-7/h1-2,5,7,9,16H,3-4,6H2,(H,15,17). The van der Waals surface area contributed by atoms with Crippen molar-refractivity contribution in [1.82, 2.24) is 5.32 Å². The van der Waals surface area contributed by atoms with E-state index in [0.29, 0.717) is 23.0 Å². The summed E-state index contributed by atoms with van der Waals surface area (Å²) in [5.41, 5.74) is 0.554. The van der Waals surface area contributed by atoms with Crippen LogP contribution < -0.4 is 5.32 Å². The fourth-order valence-electron chi connectivity index (χ4n) is 1.84. The van der Waals surface area contributed by atoms with E-state index in [1.54, 1.807) is 18.2 Å². The van der Waals surface area contributed by atoms with Gasteiger partial charge in [-0.3, -0.25) is 4.79 Å². The van der Waals surface area contributed by atoms with Gasteiger partial charge < -0.3 is 10.4 Å². The van der Waals surface area contributed by atoms with Crippen LogP contribution in [0.25, 0.3) is 0 Å². The van der Waals surface area contributed by atoms with Gasteiger partial charge in [0.05, 0.1) is 11.1 Å². The van der Waals surface area contributed by atoms with Crippen molar-refractivity contribution in [2.24, 2.45) is 5.92 Å². The molecule has 92 valence electrons. The fraction of sp³-hybridized carbons (Fsp3) is 0.417. The van der Waals surface area contributed by atoms with E-state index in [-0.39, 0.29) is 12.0 Å². The second-order valence-corrected chi connectivity index (χ2v) is 5.59. The zero-order valence-electron chi connectivity index (χ0n) is 9.12. The first-order valence-corrected chi connectivity index (χ1v) is 6.64. The number of hydrogen-bond donors (Lipinski definition) is 2. The first-order valence-electron chi connectivity index (χ1n) is 5.47. The monoisotopic (exact) mass is 317 g/mol. The van der Waals surface area contributed by atoms with Gasteiger partial charge in [-0.25, -0.2) is 0 Å². The van der Waals surface area contributed by atoms with Crippen LogP contribution in [0.3, 0.4) is 0 Å². The van der Waals surface area contributed by atoms with E-state index in [9.17, 15) is 4.79 Å². The SMILES string of the molecule is O=C(NCC1CC(O)C1)c1ccc(Br)c(Cl)c1. The van der Waals surface area contributed by atoms with E-state index in [4.69, 9.17) is 16.7 Å². The molecule has 0 spiro atoms. The maximum absolute atomic E-state index is 11.8. The molecule has 3 nitrogen and oxygen atoms in total. The molecule has 2 rings (SSSR count). The minimum absolute atomic E-state index is 0.124. The highest BCUT2D eigenvalue weighted by Gasteiger charge is 2.27. The Morgan fingerprint density at radius 2 is 2.24 bits per heavy atom. The Morgan fingerprint density at radius 3 is 2.82 bits per heavy atom. The van der Waals surface area contributed by atoms with Gasteiger partial charge in [-0.1, -0.05) is 11.6 Å². The summed E-state index contributed by atoms with van der Waals surface area (Å²) in [5, 5.41) is 12.5. The smallest absolute Gasteiger partial charge is 0.251 e. The highest BCUT2D eigenvalue weighted by Crippen LogP contribution is 2.26. The van der Waals surface area contributed by atoms with Gasteiger partial charge in [0.25, 0.3) is 5.91 Å². The molecule has 1 aromatic rings. The molecule has 2 N–H and O–H groups in total. The van der Waals surface area contributed by atoms with Crippen molar-refractivity contribution in [3.8, 4) is 0 Å². The number of aliphatic hydroxyl groups excluding tert-OH is 1. The lowest BCUT2D eigenvalue weighted by Crippen LogP contribution is -2.38. The molecule has 0 bridgehead atoms. The van der Waals surface area contributed by atoms with Gasteiger partial charge in [0.15, 0.2) is 0 Å². The van der Waals surface area contributed by atoms with Crippen LogP contribution in [0.5, 0.6) is 0 Å². The molecule has 1 saturated carbocycles.